The van der Waals surface area contributed by atoms with Gasteiger partial charge in [0.2, 0.25) is 10.0 Å². The van der Waals surface area contributed by atoms with Crippen molar-refractivity contribution < 1.29 is 8.42 Å². The molecule has 1 aromatic rings. The van der Waals surface area contributed by atoms with Gasteiger partial charge in [-0.05, 0) is 24.6 Å². The number of nitrogens with one attached hydrogen (secondary N) is 1. The molecule has 0 unspecified atom stereocenters. The van der Waals surface area contributed by atoms with Crippen molar-refractivity contribution in [3.05, 3.63) is 28.2 Å². The summed E-state index contributed by atoms with van der Waals surface area (Å²) in [7, 11) is -3.04. The predicted octanol–water partition coefficient (Wildman–Crippen LogP) is 1.77. The SMILES string of the molecule is N#Cc1cc(Br)ccc1NCCN1CCCS1(=O)=O. The van der Waals surface area contributed by atoms with E-state index in [1.165, 1.54) is 4.31 Å². The molecule has 0 aliphatic carbocycles. The first-order chi connectivity index (χ1) is 9.03. The maximum Gasteiger partial charge on any atom is 0.214 e. The molecule has 0 aromatic heterocycles. The van der Waals surface area contributed by atoms with E-state index in [0.29, 0.717) is 31.6 Å². The van der Waals surface area contributed by atoms with Gasteiger partial charge in [0, 0.05) is 24.1 Å². The molecule has 0 radical (unpaired) electrons. The molecule has 0 saturated carbocycles. The molecule has 0 spiro atoms. The number of hydrogen-bond acceptors (Lipinski definition) is 4. The second-order valence-electron chi connectivity index (χ2n) is 4.30. The van der Waals surface area contributed by atoms with Crippen LogP contribution >= 0.6 is 15.9 Å². The van der Waals surface area contributed by atoms with Gasteiger partial charge < -0.3 is 5.32 Å². The lowest BCUT2D eigenvalue weighted by atomic mass is 10.2. The number of benzene rings is 1. The van der Waals surface area contributed by atoms with Crippen molar-refractivity contribution >= 4 is 31.6 Å². The summed E-state index contributed by atoms with van der Waals surface area (Å²) in [6, 6.07) is 7.49. The Hall–Kier alpha value is -1.10. The zero-order chi connectivity index (χ0) is 13.9. The van der Waals surface area contributed by atoms with Gasteiger partial charge in [-0.15, -0.1) is 0 Å². The summed E-state index contributed by atoms with van der Waals surface area (Å²) >= 11 is 3.31. The van der Waals surface area contributed by atoms with Gasteiger partial charge in [-0.3, -0.25) is 0 Å². The maximum absolute atomic E-state index is 11.6. The molecule has 0 amide bonds. The van der Waals surface area contributed by atoms with Gasteiger partial charge in [-0.1, -0.05) is 15.9 Å². The van der Waals surface area contributed by atoms with E-state index in [2.05, 4.69) is 27.3 Å². The predicted molar refractivity (Wildman–Crippen MR) is 77.3 cm³/mol. The third-order valence-electron chi connectivity index (χ3n) is 2.98. The molecule has 7 heteroatoms. The number of rotatable bonds is 4. The van der Waals surface area contributed by atoms with Crippen molar-refractivity contribution in [1.82, 2.24) is 4.31 Å². The molecule has 1 fully saturated rings. The van der Waals surface area contributed by atoms with E-state index in [1.54, 1.807) is 12.1 Å². The van der Waals surface area contributed by atoms with Gasteiger partial charge in [0.05, 0.1) is 17.0 Å². The molecule has 1 saturated heterocycles. The Morgan fingerprint density at radius 3 is 2.89 bits per heavy atom. The summed E-state index contributed by atoms with van der Waals surface area (Å²) in [5.41, 5.74) is 1.26. The van der Waals surface area contributed by atoms with Crippen LogP contribution in [0.1, 0.15) is 12.0 Å². The van der Waals surface area contributed by atoms with Crippen LogP contribution in [-0.2, 0) is 10.0 Å². The van der Waals surface area contributed by atoms with Gasteiger partial charge in [0.25, 0.3) is 0 Å². The molecule has 0 atom stereocenters. The average Bonchev–Trinajstić information content (AvgIpc) is 2.70. The topological polar surface area (TPSA) is 73.2 Å². The Bertz CT molecular complexity index is 610. The highest BCUT2D eigenvalue weighted by Gasteiger charge is 2.27. The van der Waals surface area contributed by atoms with Crippen LogP contribution in [-0.4, -0.2) is 38.1 Å². The fraction of sp³-hybridized carbons (Fsp3) is 0.417. The summed E-state index contributed by atoms with van der Waals surface area (Å²) in [6.07, 6.45) is 0.698. The van der Waals surface area contributed by atoms with Crippen molar-refractivity contribution in [2.75, 3.05) is 30.7 Å². The standard InChI is InChI=1S/C12H14BrN3O2S/c13-11-2-3-12(10(8-11)9-14)15-4-6-16-5-1-7-19(16,17)18/h2-3,8,15H,1,4-7H2. The lowest BCUT2D eigenvalue weighted by Gasteiger charge is -2.15. The van der Waals surface area contributed by atoms with Crippen LogP contribution in [0.15, 0.2) is 22.7 Å². The summed E-state index contributed by atoms with van der Waals surface area (Å²) in [5, 5.41) is 12.1. The minimum absolute atomic E-state index is 0.245. The van der Waals surface area contributed by atoms with E-state index in [1.807, 2.05) is 6.07 Å². The lowest BCUT2D eigenvalue weighted by molar-refractivity contribution is 0.456. The van der Waals surface area contributed by atoms with Crippen LogP contribution in [0.5, 0.6) is 0 Å². The Morgan fingerprint density at radius 2 is 2.26 bits per heavy atom. The molecular weight excluding hydrogens is 330 g/mol. The zero-order valence-electron chi connectivity index (χ0n) is 10.3. The molecule has 19 heavy (non-hydrogen) atoms. The molecule has 2 rings (SSSR count). The number of hydrogen-bond donors (Lipinski definition) is 1. The molecule has 1 N–H and O–H groups in total. The average molecular weight is 344 g/mol. The van der Waals surface area contributed by atoms with Crippen LogP contribution in [0.2, 0.25) is 0 Å². The van der Waals surface area contributed by atoms with Crippen molar-refractivity contribution in [1.29, 1.82) is 5.26 Å². The number of nitriles is 1. The van der Waals surface area contributed by atoms with Gasteiger partial charge in [0.15, 0.2) is 0 Å². The highest BCUT2D eigenvalue weighted by molar-refractivity contribution is 9.10. The largest absolute Gasteiger partial charge is 0.383 e. The molecule has 0 bridgehead atoms. The third-order valence-corrected chi connectivity index (χ3v) is 5.43. The Morgan fingerprint density at radius 1 is 1.47 bits per heavy atom. The molecule has 102 valence electrons. The second kappa shape index (κ2) is 5.90. The van der Waals surface area contributed by atoms with Crippen molar-refractivity contribution in [2.45, 2.75) is 6.42 Å². The molecule has 5 nitrogen and oxygen atoms in total. The Kier molecular flexibility index (Phi) is 4.45. The first-order valence-electron chi connectivity index (χ1n) is 5.94. The Balaban J connectivity index is 1.95. The minimum Gasteiger partial charge on any atom is -0.383 e. The zero-order valence-corrected chi connectivity index (χ0v) is 12.7. The number of nitrogens with zero attached hydrogens (tertiary/aromatic N) is 2. The fourth-order valence-corrected chi connectivity index (χ4v) is 3.91. The monoisotopic (exact) mass is 343 g/mol. The summed E-state index contributed by atoms with van der Waals surface area (Å²) in [6.45, 7) is 1.52. The molecule has 1 heterocycles. The van der Waals surface area contributed by atoms with E-state index in [-0.39, 0.29) is 5.75 Å². The first kappa shape index (κ1) is 14.3. The van der Waals surface area contributed by atoms with E-state index < -0.39 is 10.0 Å². The molecule has 1 aliphatic rings. The smallest absolute Gasteiger partial charge is 0.214 e. The van der Waals surface area contributed by atoms with Gasteiger partial charge in [-0.25, -0.2) is 12.7 Å². The lowest BCUT2D eigenvalue weighted by Crippen LogP contribution is -2.30. The number of halogens is 1. The maximum atomic E-state index is 11.6. The van der Waals surface area contributed by atoms with Crippen LogP contribution in [0.4, 0.5) is 5.69 Å². The van der Waals surface area contributed by atoms with Crippen LogP contribution in [0, 0.1) is 11.3 Å². The van der Waals surface area contributed by atoms with Crippen molar-refractivity contribution in [3.8, 4) is 6.07 Å². The summed E-state index contributed by atoms with van der Waals surface area (Å²) in [4.78, 5) is 0. The highest BCUT2D eigenvalue weighted by Crippen LogP contribution is 2.20. The fourth-order valence-electron chi connectivity index (χ4n) is 2.02. The van der Waals surface area contributed by atoms with Gasteiger partial charge in [-0.2, -0.15) is 5.26 Å². The van der Waals surface area contributed by atoms with E-state index in [9.17, 15) is 8.42 Å². The quantitative estimate of drug-likeness (QED) is 0.904. The van der Waals surface area contributed by atoms with Crippen LogP contribution in [0.3, 0.4) is 0 Å². The van der Waals surface area contributed by atoms with E-state index in [0.717, 1.165) is 10.2 Å². The number of anilines is 1. The molecule has 1 aliphatic heterocycles. The molecular formula is C12H14BrN3O2S. The Labute approximate surface area is 121 Å². The minimum atomic E-state index is -3.04. The van der Waals surface area contributed by atoms with Crippen LogP contribution in [0.25, 0.3) is 0 Å². The normalized spacial score (nSPS) is 18.1. The second-order valence-corrected chi connectivity index (χ2v) is 7.30. The highest BCUT2D eigenvalue weighted by atomic mass is 79.9. The summed E-state index contributed by atoms with van der Waals surface area (Å²) in [5.74, 6) is 0.245. The van der Waals surface area contributed by atoms with Crippen LogP contribution < -0.4 is 5.32 Å². The van der Waals surface area contributed by atoms with E-state index >= 15 is 0 Å². The van der Waals surface area contributed by atoms with Crippen molar-refractivity contribution in [2.24, 2.45) is 0 Å². The third kappa shape index (κ3) is 3.47. The molecule has 1 aromatic carbocycles. The van der Waals surface area contributed by atoms with Crippen molar-refractivity contribution in [3.63, 3.8) is 0 Å². The summed E-state index contributed by atoms with van der Waals surface area (Å²) < 4.78 is 25.6. The van der Waals surface area contributed by atoms with E-state index in [4.69, 9.17) is 5.26 Å². The first-order valence-corrected chi connectivity index (χ1v) is 8.34. The number of sulfonamides is 1. The van der Waals surface area contributed by atoms with Gasteiger partial charge >= 0.3 is 0 Å². The van der Waals surface area contributed by atoms with Gasteiger partial charge in [0.1, 0.15) is 6.07 Å².